The quantitative estimate of drug-likeness (QED) is 0.868. The highest BCUT2D eigenvalue weighted by atomic mass is 16.5. The molecule has 0 atom stereocenters. The zero-order valence-electron chi connectivity index (χ0n) is 12.3. The summed E-state index contributed by atoms with van der Waals surface area (Å²) in [7, 11) is 0. The van der Waals surface area contributed by atoms with Crippen LogP contribution in [0.3, 0.4) is 0 Å². The molecule has 0 aliphatic heterocycles. The molecule has 0 unspecified atom stereocenters. The molecule has 2 nitrogen and oxygen atoms in total. The number of rotatable bonds is 5. The number of nitrogens with two attached hydrogens (primary N) is 1. The third-order valence-electron chi connectivity index (χ3n) is 4.18. The predicted molar refractivity (Wildman–Crippen MR) is 80.8 cm³/mol. The van der Waals surface area contributed by atoms with E-state index in [-0.39, 0.29) is 0 Å². The fourth-order valence-electron chi connectivity index (χ4n) is 3.01. The van der Waals surface area contributed by atoms with Crippen LogP contribution in [0.5, 0.6) is 5.75 Å². The molecule has 2 heteroatoms. The van der Waals surface area contributed by atoms with Gasteiger partial charge < -0.3 is 10.5 Å². The molecule has 1 aromatic carbocycles. The summed E-state index contributed by atoms with van der Waals surface area (Å²) in [5, 5.41) is 0. The molecule has 0 heterocycles. The molecule has 1 fully saturated rings. The van der Waals surface area contributed by atoms with E-state index in [1.165, 1.54) is 24.0 Å². The molecule has 0 bridgehead atoms. The monoisotopic (exact) mass is 261 g/mol. The van der Waals surface area contributed by atoms with Crippen molar-refractivity contribution in [2.24, 2.45) is 5.73 Å². The van der Waals surface area contributed by atoms with Gasteiger partial charge in [0.1, 0.15) is 5.75 Å². The fraction of sp³-hybridized carbons (Fsp3) is 0.647. The van der Waals surface area contributed by atoms with Crippen molar-refractivity contribution < 1.29 is 4.74 Å². The zero-order chi connectivity index (χ0) is 13.7. The minimum Gasteiger partial charge on any atom is -0.494 e. The Labute approximate surface area is 117 Å². The van der Waals surface area contributed by atoms with E-state index in [1.807, 2.05) is 0 Å². The Morgan fingerprint density at radius 1 is 1.16 bits per heavy atom. The van der Waals surface area contributed by atoms with Crippen LogP contribution in [0.2, 0.25) is 0 Å². The lowest BCUT2D eigenvalue weighted by molar-refractivity contribution is 0.316. The molecular weight excluding hydrogens is 234 g/mol. The summed E-state index contributed by atoms with van der Waals surface area (Å²) < 4.78 is 5.78. The van der Waals surface area contributed by atoms with Gasteiger partial charge in [0.25, 0.3) is 0 Å². The normalized spacial score (nSPS) is 23.3. The molecule has 0 amide bonds. The molecule has 0 radical (unpaired) electrons. The maximum atomic E-state index is 6.02. The summed E-state index contributed by atoms with van der Waals surface area (Å²) in [4.78, 5) is 0. The Balaban J connectivity index is 2.15. The predicted octanol–water partition coefficient (Wildman–Crippen LogP) is 4.02. The summed E-state index contributed by atoms with van der Waals surface area (Å²) in [6.07, 6.45) is 6.94. The fourth-order valence-corrected chi connectivity index (χ4v) is 3.01. The first-order valence-corrected chi connectivity index (χ1v) is 7.75. The van der Waals surface area contributed by atoms with Crippen molar-refractivity contribution in [1.29, 1.82) is 0 Å². The van der Waals surface area contributed by atoms with E-state index in [4.69, 9.17) is 10.5 Å². The summed E-state index contributed by atoms with van der Waals surface area (Å²) in [6, 6.07) is 7.05. The van der Waals surface area contributed by atoms with Crippen LogP contribution in [0.25, 0.3) is 0 Å². The molecular formula is C17H27NO. The van der Waals surface area contributed by atoms with Crippen LogP contribution >= 0.6 is 0 Å². The maximum absolute atomic E-state index is 6.02. The second kappa shape index (κ2) is 6.95. The number of benzene rings is 1. The highest BCUT2D eigenvalue weighted by Gasteiger charge is 2.22. The summed E-state index contributed by atoms with van der Waals surface area (Å²) in [5.74, 6) is 1.71. The Hall–Kier alpha value is -1.02. The SMILES string of the molecule is CCCOc1ccc(CC)c(C2CCC(N)CC2)c1. The van der Waals surface area contributed by atoms with Gasteiger partial charge in [-0.25, -0.2) is 0 Å². The molecule has 0 aromatic heterocycles. The van der Waals surface area contributed by atoms with Crippen molar-refractivity contribution in [1.82, 2.24) is 0 Å². The standard InChI is InChI=1S/C17H27NO/c1-3-11-19-16-10-7-13(4-2)17(12-16)14-5-8-15(18)9-6-14/h7,10,12,14-15H,3-6,8-9,11,18H2,1-2H3. The largest absolute Gasteiger partial charge is 0.494 e. The third kappa shape index (κ3) is 3.73. The topological polar surface area (TPSA) is 35.2 Å². The first-order valence-electron chi connectivity index (χ1n) is 7.75. The van der Waals surface area contributed by atoms with Gasteiger partial charge in [-0.3, -0.25) is 0 Å². The highest BCUT2D eigenvalue weighted by Crippen LogP contribution is 2.36. The van der Waals surface area contributed by atoms with Gasteiger partial charge in [0.15, 0.2) is 0 Å². The number of aryl methyl sites for hydroxylation is 1. The molecule has 1 aliphatic carbocycles. The van der Waals surface area contributed by atoms with Gasteiger partial charge >= 0.3 is 0 Å². The minimum absolute atomic E-state index is 0.417. The highest BCUT2D eigenvalue weighted by molar-refractivity contribution is 5.38. The molecule has 0 spiro atoms. The first-order chi connectivity index (χ1) is 9.24. The van der Waals surface area contributed by atoms with Gasteiger partial charge in [0, 0.05) is 6.04 Å². The van der Waals surface area contributed by atoms with E-state index >= 15 is 0 Å². The van der Waals surface area contributed by atoms with E-state index in [0.29, 0.717) is 12.0 Å². The Morgan fingerprint density at radius 3 is 2.53 bits per heavy atom. The Kier molecular flexibility index (Phi) is 5.26. The van der Waals surface area contributed by atoms with Crippen LogP contribution in [0.1, 0.15) is 63.0 Å². The van der Waals surface area contributed by atoms with Gasteiger partial charge in [-0.05, 0) is 67.7 Å². The van der Waals surface area contributed by atoms with Gasteiger partial charge in [0.2, 0.25) is 0 Å². The number of ether oxygens (including phenoxy) is 1. The van der Waals surface area contributed by atoms with Gasteiger partial charge in [0.05, 0.1) is 6.61 Å². The lowest BCUT2D eigenvalue weighted by atomic mass is 9.80. The van der Waals surface area contributed by atoms with Crippen molar-refractivity contribution >= 4 is 0 Å². The summed E-state index contributed by atoms with van der Waals surface area (Å²) in [6.45, 7) is 5.18. The van der Waals surface area contributed by atoms with Gasteiger partial charge in [-0.2, -0.15) is 0 Å². The second-order valence-corrected chi connectivity index (χ2v) is 5.67. The molecule has 1 aromatic rings. The number of hydrogen-bond donors (Lipinski definition) is 1. The van der Waals surface area contributed by atoms with Crippen LogP contribution in [0.15, 0.2) is 18.2 Å². The van der Waals surface area contributed by atoms with Crippen molar-refractivity contribution in [2.45, 2.75) is 64.3 Å². The van der Waals surface area contributed by atoms with Gasteiger partial charge in [-0.1, -0.05) is 19.9 Å². The third-order valence-corrected chi connectivity index (χ3v) is 4.18. The van der Waals surface area contributed by atoms with E-state index in [1.54, 1.807) is 0 Å². The van der Waals surface area contributed by atoms with Crippen LogP contribution in [-0.4, -0.2) is 12.6 Å². The van der Waals surface area contributed by atoms with E-state index in [9.17, 15) is 0 Å². The van der Waals surface area contributed by atoms with Gasteiger partial charge in [-0.15, -0.1) is 0 Å². The number of hydrogen-bond acceptors (Lipinski definition) is 2. The van der Waals surface area contributed by atoms with Crippen LogP contribution in [-0.2, 0) is 6.42 Å². The zero-order valence-corrected chi connectivity index (χ0v) is 12.3. The van der Waals surface area contributed by atoms with Crippen molar-refractivity contribution in [3.63, 3.8) is 0 Å². The van der Waals surface area contributed by atoms with Crippen molar-refractivity contribution in [2.75, 3.05) is 6.61 Å². The Bertz CT molecular complexity index is 394. The summed E-state index contributed by atoms with van der Waals surface area (Å²) in [5.41, 5.74) is 9.00. The molecule has 2 rings (SSSR count). The van der Waals surface area contributed by atoms with Crippen molar-refractivity contribution in [3.05, 3.63) is 29.3 Å². The average molecular weight is 261 g/mol. The van der Waals surface area contributed by atoms with Crippen LogP contribution in [0, 0.1) is 0 Å². The second-order valence-electron chi connectivity index (χ2n) is 5.67. The maximum Gasteiger partial charge on any atom is 0.119 e. The van der Waals surface area contributed by atoms with E-state index in [2.05, 4.69) is 32.0 Å². The molecule has 19 heavy (non-hydrogen) atoms. The molecule has 1 saturated carbocycles. The van der Waals surface area contributed by atoms with Crippen LogP contribution < -0.4 is 10.5 Å². The average Bonchev–Trinajstić information content (AvgIpc) is 2.45. The Morgan fingerprint density at radius 2 is 1.89 bits per heavy atom. The van der Waals surface area contributed by atoms with E-state index in [0.717, 1.165) is 38.0 Å². The van der Waals surface area contributed by atoms with Crippen molar-refractivity contribution in [3.8, 4) is 5.75 Å². The summed E-state index contributed by atoms with van der Waals surface area (Å²) >= 11 is 0. The molecule has 2 N–H and O–H groups in total. The molecule has 106 valence electrons. The van der Waals surface area contributed by atoms with Crippen LogP contribution in [0.4, 0.5) is 0 Å². The lowest BCUT2D eigenvalue weighted by Gasteiger charge is -2.28. The minimum atomic E-state index is 0.417. The molecule has 0 saturated heterocycles. The lowest BCUT2D eigenvalue weighted by Crippen LogP contribution is -2.26. The smallest absolute Gasteiger partial charge is 0.119 e. The first kappa shape index (κ1) is 14.4. The molecule has 1 aliphatic rings. The van der Waals surface area contributed by atoms with E-state index < -0.39 is 0 Å².